The van der Waals surface area contributed by atoms with Gasteiger partial charge in [-0.1, -0.05) is 97.1 Å². The number of anilines is 3. The standard InChI is InChI=1S/C40H29N3/c1-3-9-36(10-4-1)43(37-11-5-2-6-12-37)38-21-19-28(20-22-38)30-14-15-32-25-33(17-16-31(32)24-30)35-26-34-18-13-29-8-7-23-41-39(29)40(34)42-27-35/h1-25,27,35H,26H2. The molecule has 1 unspecified atom stereocenters. The normalized spacial score (nSPS) is 14.1. The highest BCUT2D eigenvalue weighted by molar-refractivity contribution is 5.95. The van der Waals surface area contributed by atoms with Crippen LogP contribution in [-0.2, 0) is 6.42 Å². The minimum Gasteiger partial charge on any atom is -0.311 e. The van der Waals surface area contributed by atoms with Crippen LogP contribution in [0.4, 0.5) is 22.7 Å². The molecule has 6 aromatic carbocycles. The van der Waals surface area contributed by atoms with Gasteiger partial charge in [0.25, 0.3) is 0 Å². The lowest BCUT2D eigenvalue weighted by Crippen LogP contribution is -2.09. The van der Waals surface area contributed by atoms with E-state index < -0.39 is 0 Å². The Hall–Kier alpha value is -5.54. The summed E-state index contributed by atoms with van der Waals surface area (Å²) >= 11 is 0. The van der Waals surface area contributed by atoms with E-state index in [4.69, 9.17) is 4.99 Å². The number of rotatable bonds is 5. The van der Waals surface area contributed by atoms with Crippen molar-refractivity contribution in [2.75, 3.05) is 4.90 Å². The number of hydrogen-bond donors (Lipinski definition) is 0. The highest BCUT2D eigenvalue weighted by atomic mass is 15.1. The molecule has 8 rings (SSSR count). The lowest BCUT2D eigenvalue weighted by molar-refractivity contribution is 0.880. The lowest BCUT2D eigenvalue weighted by Gasteiger charge is -2.25. The van der Waals surface area contributed by atoms with Gasteiger partial charge in [0.2, 0.25) is 0 Å². The molecule has 2 heterocycles. The van der Waals surface area contributed by atoms with Crippen molar-refractivity contribution in [3.8, 4) is 11.1 Å². The fourth-order valence-electron chi connectivity index (χ4n) is 6.22. The third kappa shape index (κ3) is 4.75. The second-order valence-electron chi connectivity index (χ2n) is 11.1. The maximum atomic E-state index is 4.88. The second kappa shape index (κ2) is 10.7. The molecule has 0 amide bonds. The molecule has 0 aliphatic carbocycles. The van der Waals surface area contributed by atoms with Gasteiger partial charge in [-0.05, 0) is 88.0 Å². The van der Waals surface area contributed by atoms with Crippen LogP contribution in [0.5, 0.6) is 0 Å². The van der Waals surface area contributed by atoms with E-state index in [0.29, 0.717) is 0 Å². The molecule has 3 nitrogen and oxygen atoms in total. The van der Waals surface area contributed by atoms with Gasteiger partial charge < -0.3 is 4.90 Å². The zero-order valence-electron chi connectivity index (χ0n) is 23.6. The number of pyridine rings is 1. The van der Waals surface area contributed by atoms with Crippen LogP contribution in [0.1, 0.15) is 17.0 Å². The van der Waals surface area contributed by atoms with E-state index in [-0.39, 0.29) is 5.92 Å². The molecule has 0 radical (unpaired) electrons. The molecular formula is C40H29N3. The van der Waals surface area contributed by atoms with Crippen LogP contribution in [0, 0.1) is 0 Å². The van der Waals surface area contributed by atoms with Crippen molar-refractivity contribution < 1.29 is 0 Å². The van der Waals surface area contributed by atoms with Crippen molar-refractivity contribution in [3.63, 3.8) is 0 Å². The van der Waals surface area contributed by atoms with E-state index in [1.54, 1.807) is 0 Å². The average Bonchev–Trinajstić information content (AvgIpc) is 3.09. The molecule has 43 heavy (non-hydrogen) atoms. The third-order valence-electron chi connectivity index (χ3n) is 8.43. The number of aromatic nitrogens is 1. The monoisotopic (exact) mass is 551 g/mol. The predicted molar refractivity (Wildman–Crippen MR) is 180 cm³/mol. The van der Waals surface area contributed by atoms with Crippen LogP contribution in [0.25, 0.3) is 32.8 Å². The molecule has 7 aromatic rings. The summed E-state index contributed by atoms with van der Waals surface area (Å²) in [5.74, 6) is 0.252. The van der Waals surface area contributed by atoms with E-state index in [9.17, 15) is 0 Å². The van der Waals surface area contributed by atoms with Gasteiger partial charge in [-0.15, -0.1) is 0 Å². The van der Waals surface area contributed by atoms with Crippen molar-refractivity contribution >= 4 is 50.6 Å². The first kappa shape index (κ1) is 25.2. The summed E-state index contributed by atoms with van der Waals surface area (Å²) in [6.07, 6.45) is 4.88. The predicted octanol–water partition coefficient (Wildman–Crippen LogP) is 10.6. The molecule has 204 valence electrons. The Bertz CT molecular complexity index is 2060. The number of nitrogens with zero attached hydrogens (tertiary/aromatic N) is 3. The second-order valence-corrected chi connectivity index (χ2v) is 11.1. The fourth-order valence-corrected chi connectivity index (χ4v) is 6.22. The maximum absolute atomic E-state index is 4.88. The van der Waals surface area contributed by atoms with Gasteiger partial charge >= 0.3 is 0 Å². The lowest BCUT2D eigenvalue weighted by atomic mass is 9.88. The topological polar surface area (TPSA) is 28.5 Å². The van der Waals surface area contributed by atoms with E-state index in [1.165, 1.54) is 33.0 Å². The van der Waals surface area contributed by atoms with Crippen molar-refractivity contribution in [2.45, 2.75) is 12.3 Å². The molecule has 3 heteroatoms. The Labute approximate surface area is 251 Å². The Morgan fingerprint density at radius 3 is 1.95 bits per heavy atom. The molecule has 1 aromatic heterocycles. The maximum Gasteiger partial charge on any atom is 0.0961 e. The smallest absolute Gasteiger partial charge is 0.0961 e. The molecule has 0 fully saturated rings. The minimum absolute atomic E-state index is 0.252. The summed E-state index contributed by atoms with van der Waals surface area (Å²) in [6, 6.07) is 51.9. The molecule has 0 N–H and O–H groups in total. The van der Waals surface area contributed by atoms with E-state index >= 15 is 0 Å². The fraction of sp³-hybridized carbons (Fsp3) is 0.0500. The van der Waals surface area contributed by atoms with Gasteiger partial charge in [0, 0.05) is 40.8 Å². The van der Waals surface area contributed by atoms with E-state index in [2.05, 4.69) is 156 Å². The van der Waals surface area contributed by atoms with Crippen molar-refractivity contribution in [1.29, 1.82) is 0 Å². The number of benzene rings is 6. The minimum atomic E-state index is 0.252. The van der Waals surface area contributed by atoms with Gasteiger partial charge in [-0.25, -0.2) is 0 Å². The summed E-state index contributed by atoms with van der Waals surface area (Å²) in [6.45, 7) is 0. The number of fused-ring (bicyclic) bond motifs is 4. The zero-order valence-corrected chi connectivity index (χ0v) is 23.6. The Kier molecular flexibility index (Phi) is 6.27. The van der Waals surface area contributed by atoms with Crippen LogP contribution in [-0.4, -0.2) is 11.2 Å². The van der Waals surface area contributed by atoms with E-state index in [1.807, 2.05) is 12.3 Å². The largest absolute Gasteiger partial charge is 0.311 e. The van der Waals surface area contributed by atoms with Crippen molar-refractivity contribution in [3.05, 3.63) is 163 Å². The highest BCUT2D eigenvalue weighted by Crippen LogP contribution is 2.38. The summed E-state index contributed by atoms with van der Waals surface area (Å²) in [5.41, 5.74) is 10.4. The third-order valence-corrected chi connectivity index (χ3v) is 8.43. The first-order valence-electron chi connectivity index (χ1n) is 14.8. The van der Waals surface area contributed by atoms with Gasteiger partial charge in [0.05, 0.1) is 11.2 Å². The molecule has 0 saturated carbocycles. The molecule has 0 spiro atoms. The summed E-state index contributed by atoms with van der Waals surface area (Å²) in [7, 11) is 0. The number of aliphatic imine (C=N–C) groups is 1. The van der Waals surface area contributed by atoms with Gasteiger partial charge in [0.1, 0.15) is 0 Å². The Balaban J connectivity index is 1.07. The first-order chi connectivity index (χ1) is 21.3. The van der Waals surface area contributed by atoms with Crippen LogP contribution < -0.4 is 4.90 Å². The summed E-state index contributed by atoms with van der Waals surface area (Å²) in [5, 5.41) is 3.62. The Morgan fingerprint density at radius 2 is 1.19 bits per heavy atom. The summed E-state index contributed by atoms with van der Waals surface area (Å²) in [4.78, 5) is 11.8. The first-order valence-corrected chi connectivity index (χ1v) is 14.8. The quantitative estimate of drug-likeness (QED) is 0.213. The van der Waals surface area contributed by atoms with Crippen LogP contribution in [0.3, 0.4) is 0 Å². The van der Waals surface area contributed by atoms with Gasteiger partial charge in [0.15, 0.2) is 0 Å². The number of hydrogen-bond acceptors (Lipinski definition) is 3. The molecule has 1 aliphatic heterocycles. The van der Waals surface area contributed by atoms with Crippen molar-refractivity contribution in [2.24, 2.45) is 4.99 Å². The zero-order chi connectivity index (χ0) is 28.6. The van der Waals surface area contributed by atoms with Gasteiger partial charge in [-0.3, -0.25) is 9.98 Å². The van der Waals surface area contributed by atoms with Crippen LogP contribution in [0.2, 0.25) is 0 Å². The van der Waals surface area contributed by atoms with Crippen molar-refractivity contribution in [1.82, 2.24) is 4.98 Å². The Morgan fingerprint density at radius 1 is 0.535 bits per heavy atom. The summed E-state index contributed by atoms with van der Waals surface area (Å²) < 4.78 is 0. The molecule has 0 saturated heterocycles. The molecular weight excluding hydrogens is 522 g/mol. The average molecular weight is 552 g/mol. The SMILES string of the molecule is C1=Nc2c(ccc3cccnc23)CC1c1ccc2cc(-c3ccc(N(c4ccccc4)c4ccccc4)cc3)ccc2c1. The molecule has 1 aliphatic rings. The highest BCUT2D eigenvalue weighted by Gasteiger charge is 2.19. The molecule has 0 bridgehead atoms. The van der Waals surface area contributed by atoms with Gasteiger partial charge in [-0.2, -0.15) is 0 Å². The molecule has 1 atom stereocenters. The number of para-hydroxylation sites is 2. The van der Waals surface area contributed by atoms with Crippen LogP contribution >= 0.6 is 0 Å². The van der Waals surface area contributed by atoms with Crippen LogP contribution in [0.15, 0.2) is 157 Å². The van der Waals surface area contributed by atoms with E-state index in [0.717, 1.165) is 40.1 Å².